The van der Waals surface area contributed by atoms with Gasteiger partial charge in [-0.3, -0.25) is 0 Å². The third-order valence-electron chi connectivity index (χ3n) is 4.23. The fourth-order valence-electron chi connectivity index (χ4n) is 2.28. The average Bonchev–Trinajstić information content (AvgIpc) is 2.75. The molecule has 92 valence electrons. The number of rotatable bonds is 2. The fourth-order valence-corrected chi connectivity index (χ4v) is 3.11. The first-order valence-electron chi connectivity index (χ1n) is 6.16. The van der Waals surface area contributed by atoms with E-state index in [9.17, 15) is 0 Å². The van der Waals surface area contributed by atoms with E-state index in [0.29, 0.717) is 11.7 Å². The topological polar surface area (TPSA) is 31.4 Å². The van der Waals surface area contributed by atoms with Gasteiger partial charge in [-0.25, -0.2) is 4.98 Å². The molecule has 1 aromatic heterocycles. The summed E-state index contributed by atoms with van der Waals surface area (Å²) >= 11 is 1.73. The Labute approximate surface area is 107 Å². The van der Waals surface area contributed by atoms with Crippen molar-refractivity contribution in [2.45, 2.75) is 57.1 Å². The SMILES string of the molecule is CC1(C)OB(C2CC2c2nccs2)OC1(C)C. The van der Waals surface area contributed by atoms with Crippen LogP contribution in [0.1, 0.15) is 45.0 Å². The third-order valence-corrected chi connectivity index (χ3v) is 5.14. The van der Waals surface area contributed by atoms with E-state index >= 15 is 0 Å². The molecule has 0 bridgehead atoms. The molecule has 0 spiro atoms. The standard InChI is InChI=1S/C12H18BNO2S/c1-11(2)12(3,4)16-13(15-11)9-7-8(9)10-14-5-6-17-10/h5-6,8-9H,7H2,1-4H3. The molecule has 1 saturated heterocycles. The van der Waals surface area contributed by atoms with E-state index < -0.39 is 0 Å². The van der Waals surface area contributed by atoms with Gasteiger partial charge in [0.05, 0.1) is 16.2 Å². The Balaban J connectivity index is 1.70. The predicted octanol–water partition coefficient (Wildman–Crippen LogP) is 3.09. The van der Waals surface area contributed by atoms with Crippen molar-refractivity contribution in [1.29, 1.82) is 0 Å². The van der Waals surface area contributed by atoms with E-state index in [1.807, 2.05) is 11.6 Å². The van der Waals surface area contributed by atoms with Crippen molar-refractivity contribution in [2.24, 2.45) is 0 Å². The van der Waals surface area contributed by atoms with Crippen molar-refractivity contribution in [1.82, 2.24) is 4.98 Å². The van der Waals surface area contributed by atoms with Crippen molar-refractivity contribution in [2.75, 3.05) is 0 Å². The summed E-state index contributed by atoms with van der Waals surface area (Å²) in [6, 6.07) is 0. The largest absolute Gasteiger partial charge is 0.461 e. The molecule has 2 fully saturated rings. The molecule has 1 aliphatic carbocycles. The van der Waals surface area contributed by atoms with Crippen molar-refractivity contribution in [3.05, 3.63) is 16.6 Å². The first kappa shape index (κ1) is 11.7. The lowest BCUT2D eigenvalue weighted by Gasteiger charge is -2.32. The van der Waals surface area contributed by atoms with Crippen LogP contribution in [-0.2, 0) is 9.31 Å². The third kappa shape index (κ3) is 1.84. The lowest BCUT2D eigenvalue weighted by atomic mass is 9.81. The highest BCUT2D eigenvalue weighted by Crippen LogP contribution is 2.58. The zero-order valence-electron chi connectivity index (χ0n) is 10.8. The minimum absolute atomic E-state index is 0.0612. The molecule has 2 unspecified atom stereocenters. The Kier molecular flexibility index (Phi) is 2.45. The quantitative estimate of drug-likeness (QED) is 0.757. The minimum atomic E-state index is -0.215. The summed E-state index contributed by atoms with van der Waals surface area (Å²) in [6.45, 7) is 8.42. The van der Waals surface area contributed by atoms with Crippen molar-refractivity contribution >= 4 is 18.5 Å². The molecule has 17 heavy (non-hydrogen) atoms. The zero-order valence-corrected chi connectivity index (χ0v) is 11.6. The van der Waals surface area contributed by atoms with E-state index in [0.717, 1.165) is 6.42 Å². The van der Waals surface area contributed by atoms with Gasteiger partial charge >= 0.3 is 7.12 Å². The molecule has 3 nitrogen and oxygen atoms in total. The molecular formula is C12H18BNO2S. The molecule has 0 N–H and O–H groups in total. The summed E-state index contributed by atoms with van der Waals surface area (Å²) in [5, 5.41) is 3.26. The Morgan fingerprint density at radius 2 is 1.94 bits per heavy atom. The predicted molar refractivity (Wildman–Crippen MR) is 69.3 cm³/mol. The monoisotopic (exact) mass is 251 g/mol. The van der Waals surface area contributed by atoms with Crippen LogP contribution in [0.5, 0.6) is 0 Å². The number of hydrogen-bond acceptors (Lipinski definition) is 4. The minimum Gasteiger partial charge on any atom is -0.403 e. The van der Waals surface area contributed by atoms with Crippen LogP contribution in [0, 0.1) is 0 Å². The van der Waals surface area contributed by atoms with Crippen molar-refractivity contribution in [3.63, 3.8) is 0 Å². The summed E-state index contributed by atoms with van der Waals surface area (Å²) in [6.07, 6.45) is 3.02. The summed E-state index contributed by atoms with van der Waals surface area (Å²) in [7, 11) is -0.0612. The number of hydrogen-bond donors (Lipinski definition) is 0. The van der Waals surface area contributed by atoms with E-state index in [2.05, 4.69) is 32.7 Å². The van der Waals surface area contributed by atoms with Crippen LogP contribution in [0.2, 0.25) is 5.82 Å². The van der Waals surface area contributed by atoms with Crippen LogP contribution in [0.25, 0.3) is 0 Å². The first-order chi connectivity index (χ1) is 7.91. The maximum absolute atomic E-state index is 6.07. The Morgan fingerprint density at radius 1 is 1.29 bits per heavy atom. The maximum Gasteiger partial charge on any atom is 0.461 e. The highest BCUT2D eigenvalue weighted by atomic mass is 32.1. The lowest BCUT2D eigenvalue weighted by molar-refractivity contribution is 0.00578. The molecule has 0 aromatic carbocycles. The summed E-state index contributed by atoms with van der Waals surface area (Å²) in [5.41, 5.74) is -0.429. The molecule has 0 radical (unpaired) electrons. The molecule has 2 atom stereocenters. The number of aromatic nitrogens is 1. The van der Waals surface area contributed by atoms with Crippen LogP contribution in [-0.4, -0.2) is 23.3 Å². The Morgan fingerprint density at radius 3 is 2.47 bits per heavy atom. The van der Waals surface area contributed by atoms with Gasteiger partial charge in [0.1, 0.15) is 0 Å². The van der Waals surface area contributed by atoms with Crippen LogP contribution >= 0.6 is 11.3 Å². The van der Waals surface area contributed by atoms with Gasteiger partial charge in [-0.1, -0.05) is 0 Å². The van der Waals surface area contributed by atoms with Crippen LogP contribution in [0.4, 0.5) is 0 Å². The fraction of sp³-hybridized carbons (Fsp3) is 0.750. The van der Waals surface area contributed by atoms with Gasteiger partial charge in [0.2, 0.25) is 0 Å². The zero-order chi connectivity index (χ0) is 12.3. The molecule has 3 rings (SSSR count). The van der Waals surface area contributed by atoms with Gasteiger partial charge in [0.25, 0.3) is 0 Å². The molecule has 1 saturated carbocycles. The van der Waals surface area contributed by atoms with Gasteiger partial charge in [-0.2, -0.15) is 0 Å². The van der Waals surface area contributed by atoms with Gasteiger partial charge in [-0.15, -0.1) is 11.3 Å². The maximum atomic E-state index is 6.07. The highest BCUT2D eigenvalue weighted by Gasteiger charge is 2.60. The second-order valence-corrected chi connectivity index (χ2v) is 6.93. The first-order valence-corrected chi connectivity index (χ1v) is 7.04. The number of nitrogens with zero attached hydrogens (tertiary/aromatic N) is 1. The van der Waals surface area contributed by atoms with Crippen LogP contribution < -0.4 is 0 Å². The van der Waals surface area contributed by atoms with Gasteiger partial charge < -0.3 is 9.31 Å². The van der Waals surface area contributed by atoms with Gasteiger partial charge in [-0.05, 0) is 34.1 Å². The summed E-state index contributed by atoms with van der Waals surface area (Å²) in [5.74, 6) is 1.03. The van der Waals surface area contributed by atoms with E-state index in [-0.39, 0.29) is 18.3 Å². The highest BCUT2D eigenvalue weighted by molar-refractivity contribution is 7.09. The summed E-state index contributed by atoms with van der Waals surface area (Å²) < 4.78 is 12.1. The molecular weight excluding hydrogens is 233 g/mol. The normalized spacial score (nSPS) is 34.0. The van der Waals surface area contributed by atoms with Crippen molar-refractivity contribution < 1.29 is 9.31 Å². The van der Waals surface area contributed by atoms with Gasteiger partial charge in [0, 0.05) is 23.3 Å². The lowest BCUT2D eigenvalue weighted by Crippen LogP contribution is -2.41. The Hall–Kier alpha value is -0.385. The van der Waals surface area contributed by atoms with Gasteiger partial charge in [0.15, 0.2) is 0 Å². The second-order valence-electron chi connectivity index (χ2n) is 6.00. The molecule has 2 heterocycles. The van der Waals surface area contributed by atoms with Crippen LogP contribution in [0.15, 0.2) is 11.6 Å². The molecule has 0 amide bonds. The summed E-state index contributed by atoms with van der Waals surface area (Å²) in [4.78, 5) is 4.38. The smallest absolute Gasteiger partial charge is 0.403 e. The van der Waals surface area contributed by atoms with Crippen LogP contribution in [0.3, 0.4) is 0 Å². The molecule has 5 heteroatoms. The molecule has 1 aromatic rings. The van der Waals surface area contributed by atoms with E-state index in [4.69, 9.17) is 9.31 Å². The number of thiazole rings is 1. The van der Waals surface area contributed by atoms with E-state index in [1.165, 1.54) is 5.01 Å². The molecule has 2 aliphatic rings. The second kappa shape index (κ2) is 3.56. The Bertz CT molecular complexity index is 402. The van der Waals surface area contributed by atoms with Crippen molar-refractivity contribution in [3.8, 4) is 0 Å². The molecule has 1 aliphatic heterocycles. The average molecular weight is 251 g/mol. The van der Waals surface area contributed by atoms with E-state index in [1.54, 1.807) is 11.3 Å².